The monoisotopic (exact) mass is 464 g/mol. The number of rotatable bonds is 2. The van der Waals surface area contributed by atoms with Crippen LogP contribution in [0.15, 0.2) is 67.0 Å². The lowest BCUT2D eigenvalue weighted by Crippen LogP contribution is -2.46. The molecule has 172 valence electrons. The van der Waals surface area contributed by atoms with Crippen molar-refractivity contribution in [2.45, 2.75) is 24.6 Å². The summed E-state index contributed by atoms with van der Waals surface area (Å²) in [5.74, 6) is -0.137. The molecule has 6 rings (SSSR count). The molecule has 9 heteroatoms. The maximum atomic E-state index is 14.1. The van der Waals surface area contributed by atoms with Crippen LogP contribution in [0.5, 0.6) is 5.88 Å². The fourth-order valence-corrected chi connectivity index (χ4v) is 5.07. The molecule has 0 unspecified atom stereocenters. The number of nitrogens with zero attached hydrogens (tertiary/aromatic N) is 4. The van der Waals surface area contributed by atoms with Gasteiger partial charge in [0, 0.05) is 30.1 Å². The van der Waals surface area contributed by atoms with Gasteiger partial charge in [-0.2, -0.15) is 18.3 Å². The lowest BCUT2D eigenvalue weighted by Gasteiger charge is -2.34. The Morgan fingerprint density at radius 2 is 1.88 bits per heavy atom. The predicted molar refractivity (Wildman–Crippen MR) is 117 cm³/mol. The van der Waals surface area contributed by atoms with Gasteiger partial charge in [-0.3, -0.25) is 4.79 Å². The Morgan fingerprint density at radius 3 is 2.68 bits per heavy atom. The van der Waals surface area contributed by atoms with E-state index in [1.54, 1.807) is 15.6 Å². The molecule has 4 aromatic rings. The van der Waals surface area contributed by atoms with Crippen molar-refractivity contribution in [2.75, 3.05) is 13.2 Å². The Morgan fingerprint density at radius 1 is 1.09 bits per heavy atom. The molecule has 1 aromatic carbocycles. The SMILES string of the molecule is O=C(c1c(-c2ccccc2)nn2ccccc12)N1CCC[C@@]12COc1ncc(C(F)(F)F)cc12. The van der Waals surface area contributed by atoms with E-state index in [0.717, 1.165) is 17.8 Å². The van der Waals surface area contributed by atoms with Gasteiger partial charge in [0.15, 0.2) is 0 Å². The molecule has 0 bridgehead atoms. The van der Waals surface area contributed by atoms with Crippen LogP contribution >= 0.6 is 0 Å². The lowest BCUT2D eigenvalue weighted by molar-refractivity contribution is -0.137. The number of likely N-dealkylation sites (tertiary alicyclic amines) is 1. The van der Waals surface area contributed by atoms with Crippen molar-refractivity contribution in [3.8, 4) is 17.1 Å². The van der Waals surface area contributed by atoms with Crippen LogP contribution in [0.3, 0.4) is 0 Å². The van der Waals surface area contributed by atoms with E-state index in [1.165, 1.54) is 0 Å². The molecule has 2 aliphatic rings. The molecule has 2 aliphatic heterocycles. The zero-order valence-corrected chi connectivity index (χ0v) is 17.9. The van der Waals surface area contributed by atoms with E-state index in [1.807, 2.05) is 48.5 Å². The summed E-state index contributed by atoms with van der Waals surface area (Å²) in [6.07, 6.45) is -0.856. The number of amides is 1. The van der Waals surface area contributed by atoms with Crippen LogP contribution in [0.1, 0.15) is 34.3 Å². The highest BCUT2D eigenvalue weighted by molar-refractivity contribution is 6.07. The molecule has 5 heterocycles. The summed E-state index contributed by atoms with van der Waals surface area (Å²) in [5, 5.41) is 4.66. The zero-order chi connectivity index (χ0) is 23.5. The minimum atomic E-state index is -4.54. The third-order valence-electron chi connectivity index (χ3n) is 6.66. The number of aromatic nitrogens is 3. The van der Waals surface area contributed by atoms with Gasteiger partial charge < -0.3 is 9.64 Å². The zero-order valence-electron chi connectivity index (χ0n) is 17.9. The molecule has 1 atom stereocenters. The first-order valence-corrected chi connectivity index (χ1v) is 10.9. The quantitative estimate of drug-likeness (QED) is 0.422. The second-order valence-corrected chi connectivity index (χ2v) is 8.58. The lowest BCUT2D eigenvalue weighted by atomic mass is 9.89. The van der Waals surface area contributed by atoms with E-state index < -0.39 is 17.3 Å². The molecule has 34 heavy (non-hydrogen) atoms. The molecular formula is C25H19F3N4O2. The van der Waals surface area contributed by atoms with E-state index in [0.29, 0.717) is 41.7 Å². The van der Waals surface area contributed by atoms with E-state index >= 15 is 0 Å². The first kappa shape index (κ1) is 20.7. The average Bonchev–Trinajstić information content (AvgIpc) is 3.55. The van der Waals surface area contributed by atoms with Crippen LogP contribution in [0.2, 0.25) is 0 Å². The van der Waals surface area contributed by atoms with Crippen LogP contribution < -0.4 is 4.74 Å². The Labute approximate surface area is 192 Å². The number of ether oxygens (including phenoxy) is 1. The van der Waals surface area contributed by atoms with Crippen LogP contribution in [0.4, 0.5) is 13.2 Å². The second-order valence-electron chi connectivity index (χ2n) is 8.58. The van der Waals surface area contributed by atoms with Gasteiger partial charge in [-0.15, -0.1) is 0 Å². The molecule has 3 aromatic heterocycles. The highest BCUT2D eigenvalue weighted by Gasteiger charge is 2.53. The number of pyridine rings is 2. The maximum Gasteiger partial charge on any atom is 0.417 e. The van der Waals surface area contributed by atoms with Gasteiger partial charge in [0.1, 0.15) is 17.8 Å². The van der Waals surface area contributed by atoms with Crippen molar-refractivity contribution in [2.24, 2.45) is 0 Å². The van der Waals surface area contributed by atoms with Crippen molar-refractivity contribution >= 4 is 11.4 Å². The van der Waals surface area contributed by atoms with Gasteiger partial charge in [0.05, 0.1) is 16.6 Å². The molecular weight excluding hydrogens is 445 g/mol. The summed E-state index contributed by atoms with van der Waals surface area (Å²) in [5.41, 5.74) is 0.822. The van der Waals surface area contributed by atoms with Gasteiger partial charge in [-0.05, 0) is 31.0 Å². The summed E-state index contributed by atoms with van der Waals surface area (Å²) in [7, 11) is 0. The first-order valence-electron chi connectivity index (χ1n) is 10.9. The standard InChI is InChI=1S/C25H19F3N4O2/c26-25(27,28)17-13-18-22(29-14-17)34-15-24(18)10-6-11-31(24)23(33)20-19-9-4-5-12-32(19)30-21(20)16-7-2-1-3-8-16/h1-5,7-9,12-14H,6,10-11,15H2/t24-/m0/s1. The van der Waals surface area contributed by atoms with Gasteiger partial charge in [-0.1, -0.05) is 36.4 Å². The Hall–Kier alpha value is -3.88. The van der Waals surface area contributed by atoms with Crippen LogP contribution in [0, 0.1) is 0 Å². The smallest absolute Gasteiger partial charge is 0.417 e. The summed E-state index contributed by atoms with van der Waals surface area (Å²) in [6, 6.07) is 15.9. The molecule has 6 nitrogen and oxygen atoms in total. The molecule has 1 spiro atoms. The number of carbonyl (C=O) groups excluding carboxylic acids is 1. The Balaban J connectivity index is 1.50. The van der Waals surface area contributed by atoms with Crippen molar-refractivity contribution in [3.05, 3.63) is 83.7 Å². The average molecular weight is 464 g/mol. The van der Waals surface area contributed by atoms with Crippen molar-refractivity contribution in [1.82, 2.24) is 19.5 Å². The number of carbonyl (C=O) groups is 1. The molecule has 0 saturated carbocycles. The number of hydrogen-bond donors (Lipinski definition) is 0. The normalized spacial score (nSPS) is 19.6. The summed E-state index contributed by atoms with van der Waals surface area (Å²) in [6.45, 7) is 0.471. The van der Waals surface area contributed by atoms with E-state index in [9.17, 15) is 18.0 Å². The highest BCUT2D eigenvalue weighted by atomic mass is 19.4. The Kier molecular flexibility index (Phi) is 4.45. The number of halogens is 3. The van der Waals surface area contributed by atoms with E-state index in [4.69, 9.17) is 4.74 Å². The van der Waals surface area contributed by atoms with Gasteiger partial charge in [0.2, 0.25) is 5.88 Å². The molecule has 0 radical (unpaired) electrons. The largest absolute Gasteiger partial charge is 0.475 e. The molecule has 0 aliphatic carbocycles. The predicted octanol–water partition coefficient (Wildman–Crippen LogP) is 4.94. The topological polar surface area (TPSA) is 59.7 Å². The molecule has 1 saturated heterocycles. The summed E-state index contributed by atoms with van der Waals surface area (Å²) < 4.78 is 47.7. The van der Waals surface area contributed by atoms with Crippen molar-refractivity contribution in [3.63, 3.8) is 0 Å². The minimum Gasteiger partial charge on any atom is -0.475 e. The number of fused-ring (bicyclic) bond motifs is 3. The molecule has 1 amide bonds. The summed E-state index contributed by atoms with van der Waals surface area (Å²) >= 11 is 0. The first-order chi connectivity index (χ1) is 16.4. The second kappa shape index (κ2) is 7.31. The van der Waals surface area contributed by atoms with Crippen molar-refractivity contribution in [1.29, 1.82) is 0 Å². The third kappa shape index (κ3) is 2.99. The molecule has 1 fully saturated rings. The van der Waals surface area contributed by atoms with Gasteiger partial charge in [0.25, 0.3) is 5.91 Å². The van der Waals surface area contributed by atoms with Crippen LogP contribution in [-0.2, 0) is 11.7 Å². The van der Waals surface area contributed by atoms with Crippen LogP contribution in [-0.4, -0.2) is 38.6 Å². The maximum absolute atomic E-state index is 14.1. The third-order valence-corrected chi connectivity index (χ3v) is 6.66. The Bertz CT molecular complexity index is 1420. The summed E-state index contributed by atoms with van der Waals surface area (Å²) in [4.78, 5) is 19.7. The number of alkyl halides is 3. The highest BCUT2D eigenvalue weighted by Crippen LogP contribution is 2.49. The van der Waals surface area contributed by atoms with Crippen LogP contribution in [0.25, 0.3) is 16.8 Å². The fourth-order valence-electron chi connectivity index (χ4n) is 5.07. The van der Waals surface area contributed by atoms with Gasteiger partial charge in [-0.25, -0.2) is 9.50 Å². The number of hydrogen-bond acceptors (Lipinski definition) is 4. The fraction of sp³-hybridized carbons (Fsp3) is 0.240. The van der Waals surface area contributed by atoms with Gasteiger partial charge >= 0.3 is 6.18 Å². The number of benzene rings is 1. The molecule has 0 N–H and O–H groups in total. The van der Waals surface area contributed by atoms with E-state index in [-0.39, 0.29) is 18.4 Å². The van der Waals surface area contributed by atoms with E-state index in [2.05, 4.69) is 10.1 Å². The minimum absolute atomic E-state index is 0.0717. The van der Waals surface area contributed by atoms with Crippen molar-refractivity contribution < 1.29 is 22.7 Å².